The molecule has 0 fully saturated rings. The highest BCUT2D eigenvalue weighted by molar-refractivity contribution is 6.17. The number of carbonyl (C=O) groups excluding carboxylic acids is 3. The van der Waals surface area contributed by atoms with Gasteiger partial charge < -0.3 is 10.5 Å². The van der Waals surface area contributed by atoms with E-state index in [1.54, 1.807) is 6.92 Å². The van der Waals surface area contributed by atoms with E-state index in [4.69, 9.17) is 22.1 Å². The summed E-state index contributed by atoms with van der Waals surface area (Å²) in [6.45, 7) is 1.97. The average Bonchev–Trinajstić information content (AvgIpc) is 2.78. The van der Waals surface area contributed by atoms with Crippen LogP contribution < -0.4 is 11.1 Å². The summed E-state index contributed by atoms with van der Waals surface area (Å²) < 4.78 is 6.11. The van der Waals surface area contributed by atoms with E-state index in [2.05, 4.69) is 10.3 Å². The lowest BCUT2D eigenvalue weighted by atomic mass is 10.3. The number of aromatic nitrogens is 3. The SMILES string of the molecule is CCOC(=O)c1nnn(CCC(=O)NC(N)=O)c1CCl. The average molecular weight is 304 g/mol. The quantitative estimate of drug-likeness (QED) is 0.552. The molecular weight excluding hydrogens is 290 g/mol. The normalized spacial score (nSPS) is 10.1. The van der Waals surface area contributed by atoms with Crippen molar-refractivity contribution < 1.29 is 19.1 Å². The van der Waals surface area contributed by atoms with Gasteiger partial charge in [-0.1, -0.05) is 5.21 Å². The largest absolute Gasteiger partial charge is 0.461 e. The Labute approximate surface area is 119 Å². The number of ether oxygens (including phenoxy) is 1. The van der Waals surface area contributed by atoms with Gasteiger partial charge in [0.15, 0.2) is 5.69 Å². The third kappa shape index (κ3) is 4.19. The maximum Gasteiger partial charge on any atom is 0.360 e. The topological polar surface area (TPSA) is 129 Å². The second kappa shape index (κ2) is 7.43. The molecule has 1 heterocycles. The molecule has 0 aromatic carbocycles. The Morgan fingerprint density at radius 3 is 2.70 bits per heavy atom. The maximum absolute atomic E-state index is 11.6. The molecule has 1 aromatic heterocycles. The molecule has 0 atom stereocenters. The molecule has 0 saturated carbocycles. The number of rotatable bonds is 6. The van der Waals surface area contributed by atoms with Crippen LogP contribution in [-0.4, -0.2) is 39.5 Å². The van der Waals surface area contributed by atoms with Crippen LogP contribution in [0.1, 0.15) is 29.5 Å². The van der Waals surface area contributed by atoms with Crippen LogP contribution in [0.2, 0.25) is 0 Å². The van der Waals surface area contributed by atoms with Gasteiger partial charge in [-0.3, -0.25) is 10.1 Å². The minimum Gasteiger partial charge on any atom is -0.461 e. The molecule has 1 aromatic rings. The van der Waals surface area contributed by atoms with Crippen LogP contribution in [0.3, 0.4) is 0 Å². The number of urea groups is 1. The van der Waals surface area contributed by atoms with E-state index in [9.17, 15) is 14.4 Å². The van der Waals surface area contributed by atoms with E-state index in [0.717, 1.165) is 0 Å². The number of nitrogens with one attached hydrogen (secondary N) is 1. The van der Waals surface area contributed by atoms with Crippen LogP contribution >= 0.6 is 11.6 Å². The zero-order valence-electron chi connectivity index (χ0n) is 10.8. The molecule has 0 saturated heterocycles. The summed E-state index contributed by atoms with van der Waals surface area (Å²) >= 11 is 5.74. The first-order valence-corrected chi connectivity index (χ1v) is 6.27. The summed E-state index contributed by atoms with van der Waals surface area (Å²) in [4.78, 5) is 33.3. The van der Waals surface area contributed by atoms with Crippen LogP contribution in [0.4, 0.5) is 4.79 Å². The van der Waals surface area contributed by atoms with Crippen molar-refractivity contribution >= 4 is 29.5 Å². The minimum atomic E-state index is -0.932. The van der Waals surface area contributed by atoms with Crippen LogP contribution in [0, 0.1) is 0 Å². The standard InChI is InChI=1S/C10H14ClN5O4/c1-2-20-9(18)8-6(5-11)16(15-14-8)4-3-7(17)13-10(12)19/h2-5H2,1H3,(H3,12,13,17,19). The third-order valence-corrected chi connectivity index (χ3v) is 2.50. The molecule has 0 radical (unpaired) electrons. The Hall–Kier alpha value is -2.16. The van der Waals surface area contributed by atoms with Gasteiger partial charge in [-0.25, -0.2) is 14.3 Å². The first-order chi connectivity index (χ1) is 9.49. The van der Waals surface area contributed by atoms with E-state index in [1.807, 2.05) is 5.32 Å². The van der Waals surface area contributed by atoms with Gasteiger partial charge in [0.1, 0.15) is 0 Å². The zero-order chi connectivity index (χ0) is 15.1. The van der Waals surface area contributed by atoms with Crippen molar-refractivity contribution in [3.05, 3.63) is 11.4 Å². The van der Waals surface area contributed by atoms with E-state index < -0.39 is 17.9 Å². The number of carbonyl (C=O) groups is 3. The monoisotopic (exact) mass is 303 g/mol. The van der Waals surface area contributed by atoms with Gasteiger partial charge >= 0.3 is 12.0 Å². The number of nitrogens with zero attached hydrogens (tertiary/aromatic N) is 3. The highest BCUT2D eigenvalue weighted by atomic mass is 35.5. The first-order valence-electron chi connectivity index (χ1n) is 5.74. The molecule has 3 amide bonds. The van der Waals surface area contributed by atoms with Gasteiger partial charge in [0, 0.05) is 6.42 Å². The van der Waals surface area contributed by atoms with Gasteiger partial charge in [0.05, 0.1) is 24.7 Å². The lowest BCUT2D eigenvalue weighted by Crippen LogP contribution is -2.35. The highest BCUT2D eigenvalue weighted by Crippen LogP contribution is 2.11. The number of imide groups is 1. The molecule has 0 aliphatic heterocycles. The van der Waals surface area contributed by atoms with Crippen molar-refractivity contribution in [3.8, 4) is 0 Å². The summed E-state index contributed by atoms with van der Waals surface area (Å²) in [5, 5.41) is 9.32. The Morgan fingerprint density at radius 1 is 1.45 bits per heavy atom. The van der Waals surface area contributed by atoms with E-state index >= 15 is 0 Å². The van der Waals surface area contributed by atoms with Crippen molar-refractivity contribution in [3.63, 3.8) is 0 Å². The summed E-state index contributed by atoms with van der Waals surface area (Å²) in [5.74, 6) is -1.21. The van der Waals surface area contributed by atoms with E-state index in [0.29, 0.717) is 5.69 Å². The molecule has 0 spiro atoms. The van der Waals surface area contributed by atoms with Crippen LogP contribution in [0.15, 0.2) is 0 Å². The molecule has 0 bridgehead atoms. The fourth-order valence-electron chi connectivity index (χ4n) is 1.41. The van der Waals surface area contributed by atoms with Crippen LogP contribution in [0.25, 0.3) is 0 Å². The molecule has 3 N–H and O–H groups in total. The molecule has 0 aliphatic carbocycles. The van der Waals surface area contributed by atoms with Crippen molar-refractivity contribution in [2.24, 2.45) is 5.73 Å². The number of halogens is 1. The fraction of sp³-hybridized carbons (Fsp3) is 0.500. The summed E-state index contributed by atoms with van der Waals surface area (Å²) in [6, 6.07) is -0.932. The molecule has 0 aliphatic rings. The minimum absolute atomic E-state index is 0.0113. The van der Waals surface area contributed by atoms with Crippen molar-refractivity contribution in [2.45, 2.75) is 25.8 Å². The number of amides is 3. The predicted molar refractivity (Wildman–Crippen MR) is 67.9 cm³/mol. The second-order valence-electron chi connectivity index (χ2n) is 3.62. The van der Waals surface area contributed by atoms with Gasteiger partial charge in [-0.05, 0) is 6.92 Å². The number of hydrogen-bond donors (Lipinski definition) is 2. The number of primary amides is 1. The van der Waals surface area contributed by atoms with Crippen molar-refractivity contribution in [2.75, 3.05) is 6.61 Å². The molecular formula is C10H14ClN5O4. The lowest BCUT2D eigenvalue weighted by Gasteiger charge is -2.05. The fourth-order valence-corrected chi connectivity index (χ4v) is 1.67. The summed E-state index contributed by atoms with van der Waals surface area (Å²) in [6.07, 6.45) is -0.0571. The van der Waals surface area contributed by atoms with Gasteiger partial charge in [-0.2, -0.15) is 0 Å². The molecule has 20 heavy (non-hydrogen) atoms. The summed E-state index contributed by atoms with van der Waals surface area (Å²) in [5.41, 5.74) is 5.16. The number of hydrogen-bond acceptors (Lipinski definition) is 6. The van der Waals surface area contributed by atoms with Crippen molar-refractivity contribution in [1.82, 2.24) is 20.3 Å². The molecule has 9 nitrogen and oxygen atoms in total. The van der Waals surface area contributed by atoms with Gasteiger partial charge in [-0.15, -0.1) is 16.7 Å². The van der Waals surface area contributed by atoms with Gasteiger partial charge in [0.25, 0.3) is 0 Å². The number of alkyl halides is 1. The van der Waals surface area contributed by atoms with E-state index in [-0.39, 0.29) is 31.1 Å². The molecule has 0 unspecified atom stereocenters. The maximum atomic E-state index is 11.6. The van der Waals surface area contributed by atoms with Crippen molar-refractivity contribution in [1.29, 1.82) is 0 Å². The first kappa shape index (κ1) is 15.9. The van der Waals surface area contributed by atoms with E-state index in [1.165, 1.54) is 4.68 Å². The molecule has 1 rings (SSSR count). The second-order valence-corrected chi connectivity index (χ2v) is 3.89. The van der Waals surface area contributed by atoms with Crippen LogP contribution in [0.5, 0.6) is 0 Å². The lowest BCUT2D eigenvalue weighted by molar-refractivity contribution is -0.120. The van der Waals surface area contributed by atoms with Crippen LogP contribution in [-0.2, 0) is 22.0 Å². The molecule has 10 heteroatoms. The smallest absolute Gasteiger partial charge is 0.360 e. The summed E-state index contributed by atoms with van der Waals surface area (Å²) in [7, 11) is 0. The number of aryl methyl sites for hydroxylation is 1. The van der Waals surface area contributed by atoms with Gasteiger partial charge in [0.2, 0.25) is 5.91 Å². The predicted octanol–water partition coefficient (Wildman–Crippen LogP) is -0.221. The molecule has 110 valence electrons. The third-order valence-electron chi connectivity index (χ3n) is 2.25. The Kier molecular flexibility index (Phi) is 5.91. The number of nitrogens with two attached hydrogens (primary N) is 1. The number of esters is 1. The Balaban J connectivity index is 2.74. The Bertz CT molecular complexity index is 516. The Morgan fingerprint density at radius 2 is 2.15 bits per heavy atom. The highest BCUT2D eigenvalue weighted by Gasteiger charge is 2.20. The zero-order valence-corrected chi connectivity index (χ0v) is 11.5.